The average Bonchev–Trinajstić information content (AvgIpc) is 2.28. The van der Waals surface area contributed by atoms with E-state index in [4.69, 9.17) is 0 Å². The fraction of sp³-hybridized carbons (Fsp3) is 0.462. The zero-order chi connectivity index (χ0) is 14.8. The Hall–Kier alpha value is -1.98. The largest absolute Gasteiger partial charge is 0.481 e. The monoisotopic (exact) mass is 268 g/mol. The van der Waals surface area contributed by atoms with Gasteiger partial charge in [0.25, 0.3) is 5.91 Å². The molecular formula is C13H17FN2O3. The number of carbonyl (C=O) groups is 2. The van der Waals surface area contributed by atoms with Crippen molar-refractivity contribution in [2.24, 2.45) is 5.41 Å². The van der Waals surface area contributed by atoms with Crippen molar-refractivity contribution in [2.45, 2.75) is 33.2 Å². The fourth-order valence-corrected chi connectivity index (χ4v) is 1.28. The van der Waals surface area contributed by atoms with E-state index in [2.05, 4.69) is 10.3 Å². The zero-order valence-corrected chi connectivity index (χ0v) is 11.3. The van der Waals surface area contributed by atoms with Gasteiger partial charge in [0.15, 0.2) is 0 Å². The van der Waals surface area contributed by atoms with Crippen LogP contribution in [-0.4, -0.2) is 27.5 Å². The van der Waals surface area contributed by atoms with Gasteiger partial charge in [0.1, 0.15) is 11.5 Å². The maximum Gasteiger partial charge on any atom is 0.311 e. The van der Waals surface area contributed by atoms with E-state index in [0.717, 1.165) is 12.3 Å². The quantitative estimate of drug-likeness (QED) is 0.873. The van der Waals surface area contributed by atoms with Crippen LogP contribution < -0.4 is 5.32 Å². The molecule has 0 spiro atoms. The first-order chi connectivity index (χ1) is 8.58. The van der Waals surface area contributed by atoms with Gasteiger partial charge < -0.3 is 10.4 Å². The molecule has 0 fully saturated rings. The molecule has 0 aromatic carbocycles. The maximum absolute atomic E-state index is 12.7. The second kappa shape index (κ2) is 4.95. The third-order valence-corrected chi connectivity index (χ3v) is 3.48. The summed E-state index contributed by atoms with van der Waals surface area (Å²) in [6.45, 7) is 6.27. The molecule has 0 bridgehead atoms. The number of carboxylic acid groups (broad SMARTS) is 1. The topological polar surface area (TPSA) is 79.3 Å². The Morgan fingerprint density at radius 1 is 1.26 bits per heavy atom. The number of nitrogens with zero attached hydrogens (tertiary/aromatic N) is 1. The van der Waals surface area contributed by atoms with E-state index in [0.29, 0.717) is 0 Å². The van der Waals surface area contributed by atoms with Gasteiger partial charge >= 0.3 is 5.97 Å². The number of carbonyl (C=O) groups excluding carboxylic acids is 1. The number of pyridine rings is 1. The van der Waals surface area contributed by atoms with Gasteiger partial charge in [-0.15, -0.1) is 0 Å². The Bertz CT molecular complexity index is 495. The summed E-state index contributed by atoms with van der Waals surface area (Å²) in [4.78, 5) is 26.8. The van der Waals surface area contributed by atoms with Crippen LogP contribution >= 0.6 is 0 Å². The van der Waals surface area contributed by atoms with Gasteiger partial charge in [0, 0.05) is 0 Å². The van der Waals surface area contributed by atoms with Crippen LogP contribution in [0.3, 0.4) is 0 Å². The van der Waals surface area contributed by atoms with Gasteiger partial charge in [-0.05, 0) is 39.8 Å². The Balaban J connectivity index is 2.92. The van der Waals surface area contributed by atoms with Crippen molar-refractivity contribution in [1.29, 1.82) is 0 Å². The molecule has 19 heavy (non-hydrogen) atoms. The van der Waals surface area contributed by atoms with Crippen LogP contribution in [0, 0.1) is 11.2 Å². The predicted molar refractivity (Wildman–Crippen MR) is 67.2 cm³/mol. The SMILES string of the molecule is CC(C)(NC(=O)c1ccc(F)cn1)C(C)(C)C(=O)O. The molecule has 0 atom stereocenters. The number of aromatic nitrogens is 1. The van der Waals surface area contributed by atoms with E-state index >= 15 is 0 Å². The minimum absolute atomic E-state index is 0.0377. The van der Waals surface area contributed by atoms with Crippen molar-refractivity contribution in [2.75, 3.05) is 0 Å². The Kier molecular flexibility index (Phi) is 3.93. The Labute approximate surface area is 110 Å². The van der Waals surface area contributed by atoms with Gasteiger partial charge in [-0.3, -0.25) is 9.59 Å². The Morgan fingerprint density at radius 3 is 2.26 bits per heavy atom. The van der Waals surface area contributed by atoms with E-state index in [1.54, 1.807) is 13.8 Å². The highest BCUT2D eigenvalue weighted by Gasteiger charge is 2.44. The number of carboxylic acids is 1. The van der Waals surface area contributed by atoms with Crippen LogP contribution in [0.1, 0.15) is 38.2 Å². The van der Waals surface area contributed by atoms with Crippen LogP contribution in [-0.2, 0) is 4.79 Å². The summed E-state index contributed by atoms with van der Waals surface area (Å²) in [7, 11) is 0. The van der Waals surface area contributed by atoms with Crippen molar-refractivity contribution < 1.29 is 19.1 Å². The summed E-state index contributed by atoms with van der Waals surface area (Å²) in [5.41, 5.74) is -2.12. The highest BCUT2D eigenvalue weighted by atomic mass is 19.1. The smallest absolute Gasteiger partial charge is 0.311 e. The molecule has 6 heteroatoms. The lowest BCUT2D eigenvalue weighted by atomic mass is 9.74. The molecule has 0 radical (unpaired) electrons. The molecule has 1 heterocycles. The molecule has 1 aromatic heterocycles. The number of aliphatic carboxylic acids is 1. The van der Waals surface area contributed by atoms with Crippen LogP contribution in [0.15, 0.2) is 18.3 Å². The van der Waals surface area contributed by atoms with Gasteiger partial charge in [-0.1, -0.05) is 0 Å². The van der Waals surface area contributed by atoms with Gasteiger partial charge in [0.05, 0.1) is 17.2 Å². The molecule has 2 N–H and O–H groups in total. The summed E-state index contributed by atoms with van der Waals surface area (Å²) < 4.78 is 12.7. The second-order valence-electron chi connectivity index (χ2n) is 5.37. The Morgan fingerprint density at radius 2 is 1.84 bits per heavy atom. The molecule has 5 nitrogen and oxygen atoms in total. The molecule has 0 aliphatic rings. The zero-order valence-electron chi connectivity index (χ0n) is 11.3. The minimum Gasteiger partial charge on any atom is -0.481 e. The van der Waals surface area contributed by atoms with Crippen molar-refractivity contribution >= 4 is 11.9 Å². The van der Waals surface area contributed by atoms with E-state index in [1.165, 1.54) is 19.9 Å². The first-order valence-corrected chi connectivity index (χ1v) is 5.75. The van der Waals surface area contributed by atoms with Crippen molar-refractivity contribution in [3.63, 3.8) is 0 Å². The van der Waals surface area contributed by atoms with Crippen molar-refractivity contribution in [1.82, 2.24) is 10.3 Å². The number of hydrogen-bond acceptors (Lipinski definition) is 3. The minimum atomic E-state index is -1.16. The lowest BCUT2D eigenvalue weighted by Crippen LogP contribution is -2.57. The van der Waals surface area contributed by atoms with E-state index in [9.17, 15) is 19.1 Å². The number of nitrogens with one attached hydrogen (secondary N) is 1. The van der Waals surface area contributed by atoms with E-state index in [1.807, 2.05) is 0 Å². The third kappa shape index (κ3) is 3.07. The molecule has 1 aromatic rings. The molecule has 0 saturated heterocycles. The summed E-state index contributed by atoms with van der Waals surface area (Å²) in [5, 5.41) is 11.8. The number of amides is 1. The molecule has 0 unspecified atom stereocenters. The summed E-state index contributed by atoms with van der Waals surface area (Å²) >= 11 is 0. The number of halogens is 1. The molecule has 0 aliphatic heterocycles. The summed E-state index contributed by atoms with van der Waals surface area (Å²) in [6, 6.07) is 2.37. The van der Waals surface area contributed by atoms with Crippen LogP contribution in [0.2, 0.25) is 0 Å². The van der Waals surface area contributed by atoms with E-state index < -0.39 is 28.6 Å². The highest BCUT2D eigenvalue weighted by molar-refractivity contribution is 5.93. The lowest BCUT2D eigenvalue weighted by molar-refractivity contribution is -0.150. The predicted octanol–water partition coefficient (Wildman–Crippen LogP) is 1.84. The van der Waals surface area contributed by atoms with Gasteiger partial charge in [-0.25, -0.2) is 9.37 Å². The summed E-state index contributed by atoms with van der Waals surface area (Å²) in [6.07, 6.45) is 0.935. The fourth-order valence-electron chi connectivity index (χ4n) is 1.28. The molecular weight excluding hydrogens is 251 g/mol. The average molecular weight is 268 g/mol. The molecule has 0 saturated carbocycles. The van der Waals surface area contributed by atoms with Gasteiger partial charge in [0.2, 0.25) is 0 Å². The second-order valence-corrected chi connectivity index (χ2v) is 5.37. The van der Waals surface area contributed by atoms with Crippen molar-refractivity contribution in [3.8, 4) is 0 Å². The molecule has 1 rings (SSSR count). The molecule has 104 valence electrons. The van der Waals surface area contributed by atoms with Crippen LogP contribution in [0.25, 0.3) is 0 Å². The lowest BCUT2D eigenvalue weighted by Gasteiger charge is -2.38. The molecule has 1 amide bonds. The summed E-state index contributed by atoms with van der Waals surface area (Å²) in [5.74, 6) is -2.11. The van der Waals surface area contributed by atoms with Gasteiger partial charge in [-0.2, -0.15) is 0 Å². The standard InChI is InChI=1S/C13H17FN2O3/c1-12(2,11(18)19)13(3,4)16-10(17)9-6-5-8(14)7-15-9/h5-7H,1-4H3,(H,16,17)(H,18,19). The maximum atomic E-state index is 12.7. The third-order valence-electron chi connectivity index (χ3n) is 3.48. The first kappa shape index (κ1) is 15.1. The van der Waals surface area contributed by atoms with Crippen molar-refractivity contribution in [3.05, 3.63) is 29.8 Å². The number of rotatable bonds is 4. The molecule has 0 aliphatic carbocycles. The highest BCUT2D eigenvalue weighted by Crippen LogP contribution is 2.30. The number of hydrogen-bond donors (Lipinski definition) is 2. The van der Waals surface area contributed by atoms with Crippen LogP contribution in [0.5, 0.6) is 0 Å². The van der Waals surface area contributed by atoms with E-state index in [-0.39, 0.29) is 5.69 Å². The first-order valence-electron chi connectivity index (χ1n) is 5.75. The van der Waals surface area contributed by atoms with Crippen LogP contribution in [0.4, 0.5) is 4.39 Å². The normalized spacial score (nSPS) is 12.1.